The lowest BCUT2D eigenvalue weighted by molar-refractivity contribution is -0.134. The van der Waals surface area contributed by atoms with E-state index in [1.807, 2.05) is 32.9 Å². The van der Waals surface area contributed by atoms with Crippen LogP contribution in [0.1, 0.15) is 47.9 Å². The van der Waals surface area contributed by atoms with Crippen LogP contribution >= 0.6 is 11.3 Å². The van der Waals surface area contributed by atoms with Crippen molar-refractivity contribution in [3.05, 3.63) is 46.5 Å². The molecule has 0 spiro atoms. The Bertz CT molecular complexity index is 1000. The summed E-state index contributed by atoms with van der Waals surface area (Å²) in [6.07, 6.45) is 0.253. The van der Waals surface area contributed by atoms with E-state index in [1.165, 1.54) is 5.38 Å². The van der Waals surface area contributed by atoms with E-state index in [1.54, 1.807) is 12.1 Å². The van der Waals surface area contributed by atoms with Gasteiger partial charge in [0.2, 0.25) is 5.91 Å². The van der Waals surface area contributed by atoms with Crippen molar-refractivity contribution in [2.24, 2.45) is 5.92 Å². The molecule has 2 aromatic rings. The molecule has 3 N–H and O–H groups in total. The second-order valence-electron chi connectivity index (χ2n) is 7.48. The molecular weight excluding hydrogens is 408 g/mol. The average molecular weight is 430 g/mol. The van der Waals surface area contributed by atoms with Gasteiger partial charge in [0, 0.05) is 5.38 Å². The van der Waals surface area contributed by atoms with Crippen molar-refractivity contribution < 1.29 is 24.3 Å². The topological polar surface area (TPSA) is 129 Å². The maximum Gasteiger partial charge on any atom is 0.355 e. The number of hydrogen-bond donors (Lipinski definition) is 3. The molecule has 1 aliphatic heterocycles. The van der Waals surface area contributed by atoms with Crippen LogP contribution in [0.4, 0.5) is 9.93 Å². The highest BCUT2D eigenvalue weighted by Crippen LogP contribution is 2.27. The number of nitrogens with one attached hydrogen (secondary N) is 2. The molecule has 1 fully saturated rings. The molecule has 4 amide bonds. The van der Waals surface area contributed by atoms with E-state index in [-0.39, 0.29) is 23.2 Å². The third kappa shape index (κ3) is 4.48. The zero-order valence-electron chi connectivity index (χ0n) is 16.7. The summed E-state index contributed by atoms with van der Waals surface area (Å²) in [5.41, 5.74) is 1.40. The van der Waals surface area contributed by atoms with Gasteiger partial charge in [0.25, 0.3) is 5.91 Å². The zero-order valence-corrected chi connectivity index (χ0v) is 17.5. The second-order valence-corrected chi connectivity index (χ2v) is 8.34. The summed E-state index contributed by atoms with van der Waals surface area (Å²) in [5, 5.41) is 15.6. The van der Waals surface area contributed by atoms with Crippen LogP contribution in [0.15, 0.2) is 29.6 Å². The normalized spacial score (nSPS) is 17.2. The molecule has 158 valence electrons. The van der Waals surface area contributed by atoms with E-state index in [0.29, 0.717) is 5.56 Å². The van der Waals surface area contributed by atoms with Crippen LogP contribution in [0.25, 0.3) is 0 Å². The molecule has 2 unspecified atom stereocenters. The first-order chi connectivity index (χ1) is 14.2. The Balaban J connectivity index is 1.84. The number of thiazole rings is 1. The minimum atomic E-state index is -1.21. The molecule has 1 aliphatic rings. The van der Waals surface area contributed by atoms with Crippen molar-refractivity contribution in [2.45, 2.75) is 39.3 Å². The van der Waals surface area contributed by atoms with Gasteiger partial charge in [-0.15, -0.1) is 11.3 Å². The molecule has 3 rings (SSSR count). The van der Waals surface area contributed by atoms with Crippen LogP contribution < -0.4 is 10.6 Å². The standard InChI is InChI=1S/C20H22N4O5S/c1-10(2)7-14(16(25)23-19-21-13(9-30-19)18(27)28)24-17(26)15(22-20(24)29)12-6-4-5-11(3)8-12/h4-6,8-10,14-15H,7H2,1-3H3,(H,22,29)(H,27,28)(H,21,23,25). The van der Waals surface area contributed by atoms with Gasteiger partial charge in [-0.05, 0) is 24.8 Å². The van der Waals surface area contributed by atoms with Crippen molar-refractivity contribution in [1.29, 1.82) is 0 Å². The van der Waals surface area contributed by atoms with E-state index < -0.39 is 35.9 Å². The number of aryl methyl sites for hydroxylation is 1. The minimum Gasteiger partial charge on any atom is -0.476 e. The number of amides is 4. The largest absolute Gasteiger partial charge is 0.476 e. The summed E-state index contributed by atoms with van der Waals surface area (Å²) in [6.45, 7) is 5.64. The number of nitrogens with zero attached hydrogens (tertiary/aromatic N) is 2. The van der Waals surface area contributed by atoms with Gasteiger partial charge in [0.05, 0.1) is 0 Å². The van der Waals surface area contributed by atoms with Crippen LogP contribution in [-0.2, 0) is 9.59 Å². The van der Waals surface area contributed by atoms with Gasteiger partial charge in [0.1, 0.15) is 12.1 Å². The van der Waals surface area contributed by atoms with Crippen molar-refractivity contribution in [3.63, 3.8) is 0 Å². The number of anilines is 1. The van der Waals surface area contributed by atoms with Crippen molar-refractivity contribution in [2.75, 3.05) is 5.32 Å². The number of imide groups is 1. The predicted molar refractivity (Wildman–Crippen MR) is 110 cm³/mol. The summed E-state index contributed by atoms with van der Waals surface area (Å²) in [7, 11) is 0. The number of hydrogen-bond acceptors (Lipinski definition) is 6. The third-order valence-corrected chi connectivity index (χ3v) is 5.37. The first kappa shape index (κ1) is 21.4. The van der Waals surface area contributed by atoms with E-state index in [4.69, 9.17) is 5.11 Å². The molecule has 9 nitrogen and oxygen atoms in total. The summed E-state index contributed by atoms with van der Waals surface area (Å²) in [4.78, 5) is 54.4. The molecule has 0 radical (unpaired) electrons. The van der Waals surface area contributed by atoms with E-state index in [0.717, 1.165) is 21.8 Å². The lowest BCUT2D eigenvalue weighted by Crippen LogP contribution is -2.48. The Labute approximate surface area is 177 Å². The number of rotatable bonds is 7. The van der Waals surface area contributed by atoms with Gasteiger partial charge >= 0.3 is 12.0 Å². The summed E-state index contributed by atoms with van der Waals surface area (Å²) < 4.78 is 0. The number of carbonyl (C=O) groups excluding carboxylic acids is 3. The molecule has 10 heteroatoms. The molecule has 0 aliphatic carbocycles. The Hall–Kier alpha value is -3.27. The molecule has 1 saturated heterocycles. The number of aromatic nitrogens is 1. The SMILES string of the molecule is Cc1cccc(C2NC(=O)N(C(CC(C)C)C(=O)Nc3nc(C(=O)O)cs3)C2=O)c1. The van der Waals surface area contributed by atoms with Crippen LogP contribution in [0.5, 0.6) is 0 Å². The second kappa shape index (κ2) is 8.62. The van der Waals surface area contributed by atoms with Crippen LogP contribution in [0.3, 0.4) is 0 Å². The Morgan fingerprint density at radius 2 is 2.07 bits per heavy atom. The molecule has 2 heterocycles. The first-order valence-electron chi connectivity index (χ1n) is 9.37. The number of benzene rings is 1. The van der Waals surface area contributed by atoms with Gasteiger partial charge in [-0.1, -0.05) is 43.7 Å². The molecule has 1 aromatic carbocycles. The first-order valence-corrected chi connectivity index (χ1v) is 10.2. The van der Waals surface area contributed by atoms with E-state index >= 15 is 0 Å². The highest BCUT2D eigenvalue weighted by atomic mass is 32.1. The Kier molecular flexibility index (Phi) is 6.16. The van der Waals surface area contributed by atoms with Gasteiger partial charge in [-0.2, -0.15) is 0 Å². The number of carbonyl (C=O) groups is 4. The fourth-order valence-corrected chi connectivity index (χ4v) is 3.95. The molecular formula is C20H22N4O5S. The maximum atomic E-state index is 13.1. The van der Waals surface area contributed by atoms with Gasteiger partial charge < -0.3 is 15.7 Å². The molecule has 0 bridgehead atoms. The molecule has 1 aromatic heterocycles. The highest BCUT2D eigenvalue weighted by molar-refractivity contribution is 7.14. The lowest BCUT2D eigenvalue weighted by atomic mass is 10.0. The number of urea groups is 1. The Morgan fingerprint density at radius 3 is 2.67 bits per heavy atom. The van der Waals surface area contributed by atoms with Crippen molar-refractivity contribution in [3.8, 4) is 0 Å². The zero-order chi connectivity index (χ0) is 22.0. The summed E-state index contributed by atoms with van der Waals surface area (Å²) >= 11 is 0.958. The lowest BCUT2D eigenvalue weighted by Gasteiger charge is -2.25. The van der Waals surface area contributed by atoms with Crippen LogP contribution in [-0.4, -0.2) is 44.8 Å². The quantitative estimate of drug-likeness (QED) is 0.580. The number of aromatic carboxylic acids is 1. The monoisotopic (exact) mass is 430 g/mol. The van der Waals surface area contributed by atoms with Crippen molar-refractivity contribution >= 4 is 40.3 Å². The van der Waals surface area contributed by atoms with Gasteiger partial charge in [-0.3, -0.25) is 9.59 Å². The summed E-state index contributed by atoms with van der Waals surface area (Å²) in [6, 6.07) is 4.69. The fraction of sp³-hybridized carbons (Fsp3) is 0.350. The molecule has 2 atom stereocenters. The summed E-state index contributed by atoms with van der Waals surface area (Å²) in [5.74, 6) is -2.29. The van der Waals surface area contributed by atoms with E-state index in [2.05, 4.69) is 15.6 Å². The van der Waals surface area contributed by atoms with Gasteiger partial charge in [0.15, 0.2) is 10.8 Å². The maximum absolute atomic E-state index is 13.1. The third-order valence-electron chi connectivity index (χ3n) is 4.61. The predicted octanol–water partition coefficient (Wildman–Crippen LogP) is 2.80. The molecule has 0 saturated carbocycles. The van der Waals surface area contributed by atoms with Gasteiger partial charge in [-0.25, -0.2) is 19.5 Å². The van der Waals surface area contributed by atoms with Crippen LogP contribution in [0.2, 0.25) is 0 Å². The number of carboxylic acid groups (broad SMARTS) is 1. The minimum absolute atomic E-state index is 0.0187. The molecule has 30 heavy (non-hydrogen) atoms. The fourth-order valence-electron chi connectivity index (χ4n) is 3.26. The van der Waals surface area contributed by atoms with Crippen molar-refractivity contribution in [1.82, 2.24) is 15.2 Å². The smallest absolute Gasteiger partial charge is 0.355 e. The van der Waals surface area contributed by atoms with E-state index in [9.17, 15) is 19.2 Å². The van der Waals surface area contributed by atoms with Crippen LogP contribution in [0, 0.1) is 12.8 Å². The number of carboxylic acids is 1. The average Bonchev–Trinajstić information content (AvgIpc) is 3.24. The Morgan fingerprint density at radius 1 is 1.33 bits per heavy atom. The highest BCUT2D eigenvalue weighted by Gasteiger charge is 2.45.